The van der Waals surface area contributed by atoms with Gasteiger partial charge in [-0.15, -0.1) is 5.73 Å². The van der Waals surface area contributed by atoms with Gasteiger partial charge in [-0.3, -0.25) is 4.79 Å². The standard InChI is InChI=1S/C22H24O/c1-21(2,3)18-12-14(13-19(20(18)23)22(4,5)6)11-17-15-7-8-16(17)10-9-15/h7-10,12-13H,1-6H3. The van der Waals surface area contributed by atoms with Gasteiger partial charge in [0.15, 0.2) is 5.78 Å². The third-order valence-electron chi connectivity index (χ3n) is 4.44. The molecule has 0 aromatic carbocycles. The first kappa shape index (κ1) is 15.8. The number of carbonyl (C=O) groups is 1. The lowest BCUT2D eigenvalue weighted by Crippen LogP contribution is -2.27. The highest BCUT2D eigenvalue weighted by Gasteiger charge is 2.34. The van der Waals surface area contributed by atoms with E-state index < -0.39 is 0 Å². The molecule has 23 heavy (non-hydrogen) atoms. The molecule has 0 radical (unpaired) electrons. The van der Waals surface area contributed by atoms with Gasteiger partial charge in [-0.2, -0.15) is 0 Å². The molecule has 0 heterocycles. The molecule has 1 nitrogen and oxygen atoms in total. The molecule has 118 valence electrons. The number of hydrogen-bond donors (Lipinski definition) is 0. The number of carbonyl (C=O) groups excluding carboxylic acids is 1. The molecule has 0 amide bonds. The van der Waals surface area contributed by atoms with E-state index in [-0.39, 0.29) is 16.6 Å². The monoisotopic (exact) mass is 304 g/mol. The van der Waals surface area contributed by atoms with Gasteiger partial charge in [-0.05, 0) is 34.1 Å². The largest absolute Gasteiger partial charge is 0.289 e. The summed E-state index contributed by atoms with van der Waals surface area (Å²) >= 11 is 0. The predicted octanol–water partition coefficient (Wildman–Crippen LogP) is 5.40. The fourth-order valence-corrected chi connectivity index (χ4v) is 3.07. The maximum atomic E-state index is 12.9. The molecule has 2 bridgehead atoms. The maximum Gasteiger partial charge on any atom is 0.186 e. The van der Waals surface area contributed by atoms with Crippen molar-refractivity contribution in [2.45, 2.75) is 41.5 Å². The third-order valence-corrected chi connectivity index (χ3v) is 4.44. The van der Waals surface area contributed by atoms with E-state index in [0.717, 1.165) is 22.3 Å². The Hall–Kier alpha value is -2.11. The van der Waals surface area contributed by atoms with Gasteiger partial charge in [0.1, 0.15) is 0 Å². The van der Waals surface area contributed by atoms with Crippen molar-refractivity contribution >= 4 is 5.78 Å². The van der Waals surface area contributed by atoms with Crippen LogP contribution >= 0.6 is 0 Å². The highest BCUT2D eigenvalue weighted by molar-refractivity contribution is 6.11. The summed E-state index contributed by atoms with van der Waals surface area (Å²) in [6, 6.07) is 0. The number of rotatable bonds is 0. The molecule has 0 atom stereocenters. The first-order valence-corrected chi connectivity index (χ1v) is 8.18. The molecule has 0 saturated heterocycles. The molecule has 3 rings (SSSR count). The van der Waals surface area contributed by atoms with Crippen molar-refractivity contribution < 1.29 is 4.79 Å². The van der Waals surface area contributed by atoms with Gasteiger partial charge in [0.25, 0.3) is 0 Å². The summed E-state index contributed by atoms with van der Waals surface area (Å²) < 4.78 is 0. The zero-order chi connectivity index (χ0) is 17.0. The molecule has 0 unspecified atom stereocenters. The predicted molar refractivity (Wildman–Crippen MR) is 95.9 cm³/mol. The SMILES string of the molecule is CC(C)(C)C1=CC(=C=C2C3=CC=C2C=C3)C=C(C(C)(C)C)C1=O. The quantitative estimate of drug-likeness (QED) is 0.547. The van der Waals surface area contributed by atoms with Crippen molar-refractivity contribution in [3.63, 3.8) is 0 Å². The van der Waals surface area contributed by atoms with Gasteiger partial charge in [0.05, 0.1) is 0 Å². The van der Waals surface area contributed by atoms with Crippen LogP contribution in [0, 0.1) is 10.8 Å². The lowest BCUT2D eigenvalue weighted by atomic mass is 9.72. The number of ketones is 1. The van der Waals surface area contributed by atoms with Gasteiger partial charge >= 0.3 is 0 Å². The van der Waals surface area contributed by atoms with Crippen LogP contribution in [0.5, 0.6) is 0 Å². The minimum atomic E-state index is -0.176. The Bertz CT molecular complexity index is 752. The van der Waals surface area contributed by atoms with Crippen LogP contribution in [0.4, 0.5) is 0 Å². The van der Waals surface area contributed by atoms with Gasteiger partial charge < -0.3 is 0 Å². The van der Waals surface area contributed by atoms with Gasteiger partial charge in [-0.1, -0.05) is 65.8 Å². The first-order valence-electron chi connectivity index (χ1n) is 8.18. The Balaban J connectivity index is 2.20. The highest BCUT2D eigenvalue weighted by Crippen LogP contribution is 2.40. The number of Topliss-reactive ketones (excluding diaryl/α,β-unsaturated/α-hetero) is 1. The van der Waals surface area contributed by atoms with Crippen molar-refractivity contribution in [3.05, 3.63) is 75.6 Å². The average Bonchev–Trinajstić information content (AvgIpc) is 2.97. The highest BCUT2D eigenvalue weighted by atomic mass is 16.1. The van der Waals surface area contributed by atoms with Crippen molar-refractivity contribution in [3.8, 4) is 0 Å². The summed E-state index contributed by atoms with van der Waals surface area (Å²) in [6.07, 6.45) is 12.5. The van der Waals surface area contributed by atoms with E-state index in [1.807, 2.05) is 12.2 Å². The van der Waals surface area contributed by atoms with Crippen LogP contribution in [-0.2, 0) is 4.79 Å². The second-order valence-electron chi connectivity index (χ2n) is 8.48. The van der Waals surface area contributed by atoms with E-state index in [1.54, 1.807) is 0 Å². The van der Waals surface area contributed by atoms with Gasteiger partial charge in [0.2, 0.25) is 0 Å². The van der Waals surface area contributed by atoms with Crippen LogP contribution < -0.4 is 0 Å². The molecule has 0 aliphatic heterocycles. The minimum absolute atomic E-state index is 0.173. The summed E-state index contributed by atoms with van der Waals surface area (Å²) in [5.74, 6) is 0.173. The first-order chi connectivity index (χ1) is 10.6. The summed E-state index contributed by atoms with van der Waals surface area (Å²) in [5.41, 5.74) is 9.48. The molecule has 0 saturated carbocycles. The van der Waals surface area contributed by atoms with Crippen molar-refractivity contribution in [2.75, 3.05) is 0 Å². The Kier molecular flexibility index (Phi) is 3.39. The van der Waals surface area contributed by atoms with Crippen LogP contribution in [-0.4, -0.2) is 5.78 Å². The third kappa shape index (κ3) is 2.78. The van der Waals surface area contributed by atoms with Gasteiger partial charge in [-0.25, -0.2) is 0 Å². The molecule has 0 N–H and O–H groups in total. The van der Waals surface area contributed by atoms with Crippen LogP contribution in [0.2, 0.25) is 0 Å². The summed E-state index contributed by atoms with van der Waals surface area (Å²) in [4.78, 5) is 12.9. The molecule has 0 fully saturated rings. The minimum Gasteiger partial charge on any atom is -0.289 e. The smallest absolute Gasteiger partial charge is 0.186 e. The molecular weight excluding hydrogens is 280 g/mol. The van der Waals surface area contributed by atoms with E-state index in [9.17, 15) is 4.79 Å². The molecule has 0 aromatic rings. The van der Waals surface area contributed by atoms with Gasteiger partial charge in [0, 0.05) is 22.3 Å². The Morgan fingerprint density at radius 3 is 1.57 bits per heavy atom. The summed E-state index contributed by atoms with van der Waals surface area (Å²) in [6.45, 7) is 12.6. The molecule has 0 spiro atoms. The fraction of sp³-hybridized carbons (Fsp3) is 0.364. The van der Waals surface area contributed by atoms with Crippen molar-refractivity contribution in [2.24, 2.45) is 10.8 Å². The topological polar surface area (TPSA) is 17.1 Å². The molecular formula is C22H24O. The Morgan fingerprint density at radius 2 is 1.22 bits per heavy atom. The second kappa shape index (κ2) is 4.94. The van der Waals surface area contributed by atoms with Crippen LogP contribution in [0.3, 0.4) is 0 Å². The Morgan fingerprint density at radius 1 is 0.783 bits per heavy atom. The van der Waals surface area contributed by atoms with E-state index in [4.69, 9.17) is 0 Å². The fourth-order valence-electron chi connectivity index (χ4n) is 3.07. The molecule has 1 heteroatoms. The average molecular weight is 304 g/mol. The number of fused-ring (bicyclic) bond motifs is 2. The molecule has 3 aliphatic rings. The number of hydrogen-bond acceptors (Lipinski definition) is 1. The summed E-state index contributed by atoms with van der Waals surface area (Å²) in [7, 11) is 0. The van der Waals surface area contributed by atoms with Crippen LogP contribution in [0.1, 0.15) is 41.5 Å². The number of allylic oxidation sites excluding steroid dienone is 11. The normalized spacial score (nSPS) is 20.3. The molecule has 3 aliphatic carbocycles. The zero-order valence-electron chi connectivity index (χ0n) is 14.9. The van der Waals surface area contributed by atoms with Crippen LogP contribution in [0.15, 0.2) is 75.6 Å². The Labute approximate surface area is 139 Å². The van der Waals surface area contributed by atoms with Crippen molar-refractivity contribution in [1.82, 2.24) is 0 Å². The van der Waals surface area contributed by atoms with E-state index >= 15 is 0 Å². The maximum absolute atomic E-state index is 12.9. The van der Waals surface area contributed by atoms with E-state index in [2.05, 4.69) is 71.6 Å². The van der Waals surface area contributed by atoms with E-state index in [0.29, 0.717) is 0 Å². The second-order valence-corrected chi connectivity index (χ2v) is 8.48. The lowest BCUT2D eigenvalue weighted by molar-refractivity contribution is -0.114. The van der Waals surface area contributed by atoms with E-state index in [1.165, 1.54) is 11.1 Å². The van der Waals surface area contributed by atoms with Crippen LogP contribution in [0.25, 0.3) is 0 Å². The zero-order valence-corrected chi connectivity index (χ0v) is 14.9. The lowest BCUT2D eigenvalue weighted by Gasteiger charge is -2.31. The van der Waals surface area contributed by atoms with Crippen molar-refractivity contribution in [1.29, 1.82) is 0 Å². The summed E-state index contributed by atoms with van der Waals surface area (Å²) in [5, 5.41) is 0. The molecule has 0 aromatic heterocycles.